The largest absolute Gasteiger partial charge is 0.371 e. The molecular formula is C21H23N5O3S. The fourth-order valence-corrected chi connectivity index (χ4v) is 6.17. The average Bonchev–Trinajstić information content (AvgIpc) is 3.32. The lowest BCUT2D eigenvalue weighted by atomic mass is 10.1. The van der Waals surface area contributed by atoms with Crippen molar-refractivity contribution < 1.29 is 13.2 Å². The van der Waals surface area contributed by atoms with Crippen LogP contribution >= 0.6 is 0 Å². The molecule has 3 aromatic rings. The SMILES string of the molecule is CS(=O)(=O)C1(c2cc(N3CC4CCC(C3)O4)nc(-c3cncc4[nH]ccc34)n2)CC1. The van der Waals surface area contributed by atoms with Gasteiger partial charge in [0, 0.05) is 48.8 Å². The smallest absolute Gasteiger partial charge is 0.164 e. The van der Waals surface area contributed by atoms with E-state index in [1.807, 2.05) is 18.3 Å². The summed E-state index contributed by atoms with van der Waals surface area (Å²) in [5, 5.41) is 0.972. The van der Waals surface area contributed by atoms with Gasteiger partial charge in [-0.15, -0.1) is 0 Å². The highest BCUT2D eigenvalue weighted by atomic mass is 32.2. The molecule has 9 heteroatoms. The molecule has 2 saturated heterocycles. The number of hydrogen-bond donors (Lipinski definition) is 1. The Bertz CT molecular complexity index is 1240. The Morgan fingerprint density at radius 1 is 1.17 bits per heavy atom. The molecular weight excluding hydrogens is 402 g/mol. The molecule has 5 heterocycles. The number of H-pyrrole nitrogens is 1. The lowest BCUT2D eigenvalue weighted by Crippen LogP contribution is -2.43. The summed E-state index contributed by atoms with van der Waals surface area (Å²) in [6, 6.07) is 3.85. The number of sulfone groups is 1. The fourth-order valence-electron chi connectivity index (χ4n) is 4.84. The number of aromatic nitrogens is 4. The number of fused-ring (bicyclic) bond motifs is 3. The van der Waals surface area contributed by atoms with Crippen LogP contribution < -0.4 is 4.90 Å². The second-order valence-corrected chi connectivity index (χ2v) is 11.0. The summed E-state index contributed by atoms with van der Waals surface area (Å²) >= 11 is 0. The van der Waals surface area contributed by atoms with Crippen molar-refractivity contribution in [2.45, 2.75) is 42.6 Å². The standard InChI is InChI=1S/C21H23N5O3S/c1-30(27,28)21(5-6-21)18-8-19(26-11-13-2-3-14(12-26)29-13)25-20(24-18)16-9-22-10-17-15(16)4-7-23-17/h4,7-10,13-14,23H,2-3,5-6,11-12H2,1H3. The molecule has 3 fully saturated rings. The first-order valence-corrected chi connectivity index (χ1v) is 12.2. The Hall–Kier alpha value is -2.52. The number of nitrogens with one attached hydrogen (secondary N) is 1. The molecule has 1 N–H and O–H groups in total. The van der Waals surface area contributed by atoms with Gasteiger partial charge >= 0.3 is 0 Å². The molecule has 2 aliphatic heterocycles. The maximum Gasteiger partial charge on any atom is 0.164 e. The molecule has 3 aromatic heterocycles. The van der Waals surface area contributed by atoms with Gasteiger partial charge in [-0.05, 0) is 31.7 Å². The van der Waals surface area contributed by atoms with Crippen molar-refractivity contribution in [2.75, 3.05) is 24.2 Å². The van der Waals surface area contributed by atoms with Crippen LogP contribution in [0.25, 0.3) is 22.3 Å². The highest BCUT2D eigenvalue weighted by Gasteiger charge is 2.55. The number of ether oxygens (including phenoxy) is 1. The number of nitrogens with zero attached hydrogens (tertiary/aromatic N) is 4. The first-order chi connectivity index (χ1) is 14.4. The Morgan fingerprint density at radius 3 is 2.63 bits per heavy atom. The van der Waals surface area contributed by atoms with E-state index in [4.69, 9.17) is 14.7 Å². The lowest BCUT2D eigenvalue weighted by Gasteiger charge is -2.33. The summed E-state index contributed by atoms with van der Waals surface area (Å²) in [6.45, 7) is 1.54. The summed E-state index contributed by atoms with van der Waals surface area (Å²) in [7, 11) is -3.29. The van der Waals surface area contributed by atoms with Gasteiger partial charge in [0.1, 0.15) is 10.6 Å². The van der Waals surface area contributed by atoms with Crippen LogP contribution in [0.15, 0.2) is 30.7 Å². The number of pyridine rings is 1. The van der Waals surface area contributed by atoms with Gasteiger partial charge in [-0.25, -0.2) is 18.4 Å². The van der Waals surface area contributed by atoms with Crippen LogP contribution in [0.1, 0.15) is 31.4 Å². The van der Waals surface area contributed by atoms with E-state index in [1.165, 1.54) is 6.26 Å². The summed E-state index contributed by atoms with van der Waals surface area (Å²) in [6.07, 6.45) is 10.4. The summed E-state index contributed by atoms with van der Waals surface area (Å²) in [5.74, 6) is 1.30. The van der Waals surface area contributed by atoms with Crippen LogP contribution in [-0.4, -0.2) is 59.9 Å². The normalized spacial score (nSPS) is 25.0. The first-order valence-electron chi connectivity index (χ1n) is 10.3. The Kier molecular flexibility index (Phi) is 3.80. The predicted molar refractivity (Wildman–Crippen MR) is 113 cm³/mol. The fraction of sp³-hybridized carbons (Fsp3) is 0.476. The molecule has 2 bridgehead atoms. The summed E-state index contributed by atoms with van der Waals surface area (Å²) < 4.78 is 30.3. The van der Waals surface area contributed by atoms with Gasteiger partial charge < -0.3 is 14.6 Å². The van der Waals surface area contributed by atoms with Crippen molar-refractivity contribution in [3.63, 3.8) is 0 Å². The minimum Gasteiger partial charge on any atom is -0.371 e. The van der Waals surface area contributed by atoms with E-state index < -0.39 is 14.6 Å². The van der Waals surface area contributed by atoms with E-state index in [0.29, 0.717) is 24.4 Å². The van der Waals surface area contributed by atoms with E-state index in [2.05, 4.69) is 14.9 Å². The van der Waals surface area contributed by atoms with Crippen molar-refractivity contribution >= 4 is 26.6 Å². The summed E-state index contributed by atoms with van der Waals surface area (Å²) in [5.41, 5.74) is 2.30. The third-order valence-corrected chi connectivity index (χ3v) is 8.72. The third kappa shape index (κ3) is 2.75. The Balaban J connectivity index is 1.53. The van der Waals surface area contributed by atoms with Crippen molar-refractivity contribution in [1.82, 2.24) is 19.9 Å². The van der Waals surface area contributed by atoms with Crippen LogP contribution in [0.2, 0.25) is 0 Å². The minimum atomic E-state index is -3.29. The predicted octanol–water partition coefficient (Wildman–Crippen LogP) is 2.42. The maximum absolute atomic E-state index is 12.6. The molecule has 2 unspecified atom stereocenters. The Morgan fingerprint density at radius 2 is 1.93 bits per heavy atom. The van der Waals surface area contributed by atoms with Crippen molar-refractivity contribution in [1.29, 1.82) is 0 Å². The monoisotopic (exact) mass is 425 g/mol. The molecule has 0 aromatic carbocycles. The van der Waals surface area contributed by atoms with Gasteiger partial charge in [-0.3, -0.25) is 4.98 Å². The molecule has 6 rings (SSSR count). The van der Waals surface area contributed by atoms with Crippen LogP contribution in [0.4, 0.5) is 5.82 Å². The quantitative estimate of drug-likeness (QED) is 0.685. The van der Waals surface area contributed by atoms with E-state index >= 15 is 0 Å². The molecule has 0 spiro atoms. The Labute approximate surface area is 174 Å². The zero-order valence-corrected chi connectivity index (χ0v) is 17.5. The molecule has 1 saturated carbocycles. The van der Waals surface area contributed by atoms with Gasteiger partial charge in [-0.2, -0.15) is 0 Å². The molecule has 156 valence electrons. The number of morpholine rings is 1. The first kappa shape index (κ1) is 18.3. The number of aromatic amines is 1. The van der Waals surface area contributed by atoms with Gasteiger partial charge in [0.05, 0.1) is 29.6 Å². The molecule has 2 atom stereocenters. The number of rotatable bonds is 4. The number of hydrogen-bond acceptors (Lipinski definition) is 7. The van der Waals surface area contributed by atoms with Crippen molar-refractivity contribution in [3.8, 4) is 11.4 Å². The second-order valence-electron chi connectivity index (χ2n) is 8.69. The topological polar surface area (TPSA) is 101 Å². The highest BCUT2D eigenvalue weighted by molar-refractivity contribution is 7.91. The van der Waals surface area contributed by atoms with Gasteiger partial charge in [0.25, 0.3) is 0 Å². The van der Waals surface area contributed by atoms with Crippen molar-refractivity contribution in [3.05, 3.63) is 36.4 Å². The minimum absolute atomic E-state index is 0.213. The zero-order valence-electron chi connectivity index (χ0n) is 16.7. The van der Waals surface area contributed by atoms with Crippen LogP contribution in [0, 0.1) is 0 Å². The molecule has 1 aliphatic carbocycles. The van der Waals surface area contributed by atoms with Crippen LogP contribution in [0.5, 0.6) is 0 Å². The highest BCUT2D eigenvalue weighted by Crippen LogP contribution is 2.52. The maximum atomic E-state index is 12.6. The molecule has 3 aliphatic rings. The van der Waals surface area contributed by atoms with E-state index in [-0.39, 0.29) is 12.2 Å². The van der Waals surface area contributed by atoms with Gasteiger partial charge in [-0.1, -0.05) is 0 Å². The zero-order chi connectivity index (χ0) is 20.5. The second kappa shape index (κ2) is 6.24. The van der Waals surface area contributed by atoms with Crippen molar-refractivity contribution in [2.24, 2.45) is 0 Å². The molecule has 0 amide bonds. The van der Waals surface area contributed by atoms with Crippen LogP contribution in [0.3, 0.4) is 0 Å². The van der Waals surface area contributed by atoms with Crippen LogP contribution in [-0.2, 0) is 19.3 Å². The summed E-state index contributed by atoms with van der Waals surface area (Å²) in [4.78, 5) is 19.4. The van der Waals surface area contributed by atoms with E-state index in [0.717, 1.165) is 48.2 Å². The van der Waals surface area contributed by atoms with E-state index in [9.17, 15) is 8.42 Å². The van der Waals surface area contributed by atoms with Gasteiger partial charge in [0.2, 0.25) is 0 Å². The molecule has 8 nitrogen and oxygen atoms in total. The number of anilines is 1. The lowest BCUT2D eigenvalue weighted by molar-refractivity contribution is 0.0302. The van der Waals surface area contributed by atoms with Gasteiger partial charge in [0.15, 0.2) is 15.7 Å². The average molecular weight is 426 g/mol. The third-order valence-electron chi connectivity index (χ3n) is 6.68. The molecule has 30 heavy (non-hydrogen) atoms. The molecule has 0 radical (unpaired) electrons. The van der Waals surface area contributed by atoms with E-state index in [1.54, 1.807) is 12.4 Å².